The van der Waals surface area contributed by atoms with Gasteiger partial charge >= 0.3 is 12.4 Å². The summed E-state index contributed by atoms with van der Waals surface area (Å²) in [5, 5.41) is 2.07. The highest BCUT2D eigenvalue weighted by molar-refractivity contribution is 7.89. The molecule has 172 valence electrons. The minimum Gasteiger partial charge on any atom is -0.343 e. The number of anilines is 1. The molecule has 0 bridgehead atoms. The van der Waals surface area contributed by atoms with Crippen LogP contribution in [0.1, 0.15) is 28.7 Å². The first-order chi connectivity index (χ1) is 13.9. The lowest BCUT2D eigenvalue weighted by atomic mass is 10.1. The van der Waals surface area contributed by atoms with Gasteiger partial charge in [0.2, 0.25) is 10.0 Å². The van der Waals surface area contributed by atoms with Crippen molar-refractivity contribution >= 4 is 21.6 Å². The Balaban J connectivity index is 2.36. The van der Waals surface area contributed by atoms with E-state index in [2.05, 4.69) is 5.32 Å². The Bertz CT molecular complexity index is 1110. The van der Waals surface area contributed by atoms with Crippen molar-refractivity contribution in [3.63, 3.8) is 0 Å². The molecule has 0 fully saturated rings. The Labute approximate surface area is 172 Å². The number of hydrogen-bond donors (Lipinski definition) is 2. The van der Waals surface area contributed by atoms with Gasteiger partial charge in [0.25, 0.3) is 5.91 Å². The smallest absolute Gasteiger partial charge is 0.343 e. The molecule has 0 aliphatic heterocycles. The van der Waals surface area contributed by atoms with Gasteiger partial charge in [-0.2, -0.15) is 31.1 Å². The van der Waals surface area contributed by atoms with Crippen LogP contribution in [0, 0.1) is 12.7 Å². The van der Waals surface area contributed by atoms with Crippen molar-refractivity contribution in [3.8, 4) is 0 Å². The van der Waals surface area contributed by atoms with Gasteiger partial charge in [-0.3, -0.25) is 4.79 Å². The molecule has 0 radical (unpaired) electrons. The molecule has 1 heterocycles. The lowest BCUT2D eigenvalue weighted by molar-refractivity contribution is -0.147. The molecule has 1 aromatic carbocycles. The third-order valence-corrected chi connectivity index (χ3v) is 6.02. The summed E-state index contributed by atoms with van der Waals surface area (Å²) < 4.78 is 117. The summed E-state index contributed by atoms with van der Waals surface area (Å²) in [6, 6.07) is 0.0851. The summed E-state index contributed by atoms with van der Waals surface area (Å²) in [7, 11) is -3.44. The molecule has 0 saturated carbocycles. The molecular formula is C17H16F7N3O3S. The number of alkyl halides is 6. The van der Waals surface area contributed by atoms with Gasteiger partial charge in [-0.25, -0.2) is 12.8 Å². The van der Waals surface area contributed by atoms with E-state index >= 15 is 0 Å². The molecule has 14 heteroatoms. The van der Waals surface area contributed by atoms with Gasteiger partial charge in [0.1, 0.15) is 22.4 Å². The fourth-order valence-corrected chi connectivity index (χ4v) is 4.06. The summed E-state index contributed by atoms with van der Waals surface area (Å²) in [5.41, 5.74) is -2.51. The second-order valence-electron chi connectivity index (χ2n) is 6.57. The average molecular weight is 475 g/mol. The van der Waals surface area contributed by atoms with Crippen molar-refractivity contribution in [3.05, 3.63) is 47.0 Å². The second kappa shape index (κ2) is 8.15. The first-order valence-corrected chi connectivity index (χ1v) is 9.87. The Kier molecular flexibility index (Phi) is 6.48. The first kappa shape index (κ1) is 24.7. The summed E-state index contributed by atoms with van der Waals surface area (Å²) in [6.07, 6.45) is -9.87. The van der Waals surface area contributed by atoms with E-state index in [0.717, 1.165) is 16.7 Å². The van der Waals surface area contributed by atoms with Crippen molar-refractivity contribution in [2.45, 2.75) is 37.1 Å². The molecule has 0 saturated heterocycles. The van der Waals surface area contributed by atoms with E-state index < -0.39 is 56.3 Å². The number of rotatable bonds is 5. The number of benzene rings is 1. The number of hydrogen-bond acceptors (Lipinski definition) is 3. The highest BCUT2D eigenvalue weighted by Crippen LogP contribution is 2.33. The van der Waals surface area contributed by atoms with Crippen LogP contribution in [0.2, 0.25) is 0 Å². The standard InChI is InChI=1S/C17H16F7N3O3S/c1-8-14(31(29,30)26-9(2)16(19,20)21)7-13(27(8)3)15(28)25-10-4-5-12(18)11(6-10)17(22,23)24/h4-7,9,26H,1-3H3,(H,25,28)/t9-/m1/s1. The number of sulfonamides is 1. The summed E-state index contributed by atoms with van der Waals surface area (Å²) in [6.45, 7) is 1.82. The van der Waals surface area contributed by atoms with Gasteiger partial charge in [0.15, 0.2) is 0 Å². The molecule has 1 aromatic heterocycles. The van der Waals surface area contributed by atoms with Crippen molar-refractivity contribution in [1.29, 1.82) is 0 Å². The minimum atomic E-state index is -5.02. The molecule has 2 aromatic rings. The maximum Gasteiger partial charge on any atom is 0.419 e. The van der Waals surface area contributed by atoms with Gasteiger partial charge in [-0.1, -0.05) is 0 Å². The highest BCUT2D eigenvalue weighted by Gasteiger charge is 2.40. The Morgan fingerprint density at radius 2 is 1.68 bits per heavy atom. The van der Waals surface area contributed by atoms with E-state index in [0.29, 0.717) is 19.1 Å². The zero-order valence-electron chi connectivity index (χ0n) is 16.1. The number of carbonyl (C=O) groups excluding carboxylic acids is 1. The van der Waals surface area contributed by atoms with E-state index in [1.807, 2.05) is 0 Å². The van der Waals surface area contributed by atoms with E-state index in [9.17, 15) is 43.9 Å². The van der Waals surface area contributed by atoms with Crippen LogP contribution < -0.4 is 10.0 Å². The maximum absolute atomic E-state index is 13.4. The first-order valence-electron chi connectivity index (χ1n) is 8.38. The number of amides is 1. The molecule has 2 rings (SSSR count). The molecule has 0 unspecified atom stereocenters. The third kappa shape index (κ3) is 5.36. The van der Waals surface area contributed by atoms with Crippen LogP contribution in [0.5, 0.6) is 0 Å². The van der Waals surface area contributed by atoms with Gasteiger partial charge in [-0.15, -0.1) is 0 Å². The van der Waals surface area contributed by atoms with E-state index in [-0.39, 0.29) is 11.4 Å². The van der Waals surface area contributed by atoms with Crippen LogP contribution in [-0.2, 0) is 23.2 Å². The molecular weight excluding hydrogens is 459 g/mol. The number of nitrogens with zero attached hydrogens (tertiary/aromatic N) is 1. The number of nitrogens with one attached hydrogen (secondary N) is 2. The summed E-state index contributed by atoms with van der Waals surface area (Å²) in [4.78, 5) is 11.8. The van der Waals surface area contributed by atoms with E-state index in [4.69, 9.17) is 0 Å². The zero-order chi connectivity index (χ0) is 23.9. The number of carbonyl (C=O) groups is 1. The molecule has 0 spiro atoms. The molecule has 0 aliphatic carbocycles. The lowest BCUT2D eigenvalue weighted by Gasteiger charge is -2.17. The molecule has 1 atom stereocenters. The van der Waals surface area contributed by atoms with Crippen molar-refractivity contribution in [1.82, 2.24) is 9.29 Å². The number of aromatic nitrogens is 1. The van der Waals surface area contributed by atoms with Crippen LogP contribution in [0.15, 0.2) is 29.2 Å². The minimum absolute atomic E-state index is 0.0953. The fourth-order valence-electron chi connectivity index (χ4n) is 2.54. The van der Waals surface area contributed by atoms with Gasteiger partial charge < -0.3 is 9.88 Å². The normalized spacial score (nSPS) is 13.9. The van der Waals surface area contributed by atoms with Crippen molar-refractivity contribution in [2.75, 3.05) is 5.32 Å². The second-order valence-corrected chi connectivity index (χ2v) is 8.25. The summed E-state index contributed by atoms with van der Waals surface area (Å²) in [5.74, 6) is -2.62. The zero-order valence-corrected chi connectivity index (χ0v) is 16.9. The van der Waals surface area contributed by atoms with Crippen LogP contribution in [0.3, 0.4) is 0 Å². The molecule has 6 nitrogen and oxygen atoms in total. The predicted molar refractivity (Wildman–Crippen MR) is 95.3 cm³/mol. The monoisotopic (exact) mass is 475 g/mol. The van der Waals surface area contributed by atoms with Crippen molar-refractivity contribution < 1.29 is 43.9 Å². The Morgan fingerprint density at radius 3 is 2.19 bits per heavy atom. The van der Waals surface area contributed by atoms with E-state index in [1.54, 1.807) is 0 Å². The van der Waals surface area contributed by atoms with Crippen LogP contribution in [-0.4, -0.2) is 31.1 Å². The molecule has 2 N–H and O–H groups in total. The van der Waals surface area contributed by atoms with Crippen LogP contribution in [0.4, 0.5) is 36.4 Å². The van der Waals surface area contributed by atoms with Gasteiger partial charge in [0, 0.05) is 18.4 Å². The third-order valence-electron chi connectivity index (χ3n) is 4.36. The Morgan fingerprint density at radius 1 is 1.10 bits per heavy atom. The lowest BCUT2D eigenvalue weighted by Crippen LogP contribution is -2.43. The van der Waals surface area contributed by atoms with Gasteiger partial charge in [-0.05, 0) is 38.1 Å². The highest BCUT2D eigenvalue weighted by atomic mass is 32.2. The topological polar surface area (TPSA) is 80.2 Å². The number of halogens is 7. The molecule has 1 amide bonds. The Hall–Kier alpha value is -2.61. The maximum atomic E-state index is 13.4. The quantitative estimate of drug-likeness (QED) is 0.643. The SMILES string of the molecule is Cc1c(S(=O)(=O)N[C@H](C)C(F)(F)F)cc(C(=O)Nc2ccc(F)c(C(F)(F)F)c2)n1C. The van der Waals surface area contributed by atoms with Crippen LogP contribution in [0.25, 0.3) is 0 Å². The fraction of sp³-hybridized carbons (Fsp3) is 0.353. The van der Waals surface area contributed by atoms with E-state index in [1.165, 1.54) is 18.7 Å². The van der Waals surface area contributed by atoms with Crippen molar-refractivity contribution in [2.24, 2.45) is 7.05 Å². The molecule has 31 heavy (non-hydrogen) atoms. The van der Waals surface area contributed by atoms with Gasteiger partial charge in [0.05, 0.1) is 5.56 Å². The predicted octanol–water partition coefficient (Wildman–Crippen LogP) is 3.97. The molecule has 0 aliphatic rings. The average Bonchev–Trinajstić information content (AvgIpc) is 2.90. The summed E-state index contributed by atoms with van der Waals surface area (Å²) >= 11 is 0. The largest absolute Gasteiger partial charge is 0.419 e. The van der Waals surface area contributed by atoms with Crippen LogP contribution >= 0.6 is 0 Å².